The van der Waals surface area contributed by atoms with Gasteiger partial charge in [0.05, 0.1) is 0 Å². The van der Waals surface area contributed by atoms with Gasteiger partial charge in [-0.25, -0.2) is 0 Å². The maximum absolute atomic E-state index is 5.73. The van der Waals surface area contributed by atoms with Gasteiger partial charge in [-0.3, -0.25) is 0 Å². The van der Waals surface area contributed by atoms with E-state index in [1.54, 1.807) is 0 Å². The summed E-state index contributed by atoms with van der Waals surface area (Å²) < 4.78 is 0. The smallest absolute Gasteiger partial charge is 0.0418 e. The van der Waals surface area contributed by atoms with Crippen molar-refractivity contribution in [2.45, 2.75) is 19.3 Å². The first-order valence-electron chi connectivity index (χ1n) is 4.51. The third kappa shape index (κ3) is 1.39. The first-order chi connectivity index (χ1) is 6.16. The molecule has 3 N–H and O–H groups in total. The molecule has 0 aromatic heterocycles. The lowest BCUT2D eigenvalue weighted by molar-refractivity contribution is 0.738. The molecular weight excluding hydrogens is 160 g/mol. The second kappa shape index (κ2) is 2.80. The summed E-state index contributed by atoms with van der Waals surface area (Å²) in [6.07, 6.45) is 0.996. The van der Waals surface area contributed by atoms with Crippen LogP contribution in [0.3, 0.4) is 0 Å². The highest BCUT2D eigenvalue weighted by Gasteiger charge is 2.17. The quantitative estimate of drug-likeness (QED) is 0.593. The summed E-state index contributed by atoms with van der Waals surface area (Å²) in [5.74, 6) is 0.521. The van der Waals surface area contributed by atoms with Gasteiger partial charge >= 0.3 is 0 Å². The van der Waals surface area contributed by atoms with Gasteiger partial charge in [0.15, 0.2) is 0 Å². The lowest BCUT2D eigenvalue weighted by Crippen LogP contribution is -2.12. The summed E-state index contributed by atoms with van der Waals surface area (Å²) in [6.45, 7) is 6.14. The molecule has 2 rings (SSSR count). The minimum Gasteiger partial charge on any atom is -0.399 e. The van der Waals surface area contributed by atoms with Crippen molar-refractivity contribution in [2.75, 3.05) is 11.1 Å². The number of benzene rings is 1. The lowest BCUT2D eigenvalue weighted by atomic mass is 9.91. The van der Waals surface area contributed by atoms with Crippen LogP contribution in [0.5, 0.6) is 0 Å². The Morgan fingerprint density at radius 1 is 1.54 bits per heavy atom. The molecule has 1 aromatic carbocycles. The highest BCUT2D eigenvalue weighted by Crippen LogP contribution is 2.35. The van der Waals surface area contributed by atoms with Crippen molar-refractivity contribution in [1.82, 2.24) is 0 Å². The fourth-order valence-corrected chi connectivity index (χ4v) is 1.82. The Morgan fingerprint density at radius 2 is 2.31 bits per heavy atom. The summed E-state index contributed by atoms with van der Waals surface area (Å²) in [7, 11) is 0. The van der Waals surface area contributed by atoms with Gasteiger partial charge in [-0.05, 0) is 36.1 Å². The van der Waals surface area contributed by atoms with Gasteiger partial charge in [-0.1, -0.05) is 13.5 Å². The minimum absolute atomic E-state index is 0.521. The van der Waals surface area contributed by atoms with Gasteiger partial charge in [0, 0.05) is 17.1 Å². The number of anilines is 2. The van der Waals surface area contributed by atoms with Crippen LogP contribution < -0.4 is 11.1 Å². The SMILES string of the molecule is C=C1CC(C)c2cc(N)ccc2N1. The molecule has 1 atom stereocenters. The van der Waals surface area contributed by atoms with Crippen LogP contribution in [0.1, 0.15) is 24.8 Å². The standard InChI is InChI=1S/C11H14N2/c1-7-5-8(2)13-11-4-3-9(12)6-10(7)11/h3-4,6-7,13H,2,5,12H2,1H3. The van der Waals surface area contributed by atoms with Crippen LogP contribution in [0.2, 0.25) is 0 Å². The van der Waals surface area contributed by atoms with E-state index in [-0.39, 0.29) is 0 Å². The molecule has 1 aliphatic rings. The van der Waals surface area contributed by atoms with Crippen molar-refractivity contribution in [1.29, 1.82) is 0 Å². The molecule has 0 radical (unpaired) electrons. The van der Waals surface area contributed by atoms with Gasteiger partial charge in [0.2, 0.25) is 0 Å². The molecule has 1 aliphatic heterocycles. The zero-order valence-electron chi connectivity index (χ0n) is 7.80. The Hall–Kier alpha value is -1.44. The normalized spacial score (nSPS) is 20.7. The molecule has 0 amide bonds. The fraction of sp³-hybridized carbons (Fsp3) is 0.273. The number of rotatable bonds is 0. The molecule has 0 saturated carbocycles. The zero-order valence-corrected chi connectivity index (χ0v) is 7.80. The average molecular weight is 174 g/mol. The molecule has 0 aliphatic carbocycles. The summed E-state index contributed by atoms with van der Waals surface area (Å²) in [5, 5.41) is 3.27. The fourth-order valence-electron chi connectivity index (χ4n) is 1.82. The maximum Gasteiger partial charge on any atom is 0.0418 e. The van der Waals surface area contributed by atoms with Crippen LogP contribution in [-0.2, 0) is 0 Å². The number of allylic oxidation sites excluding steroid dienone is 1. The first kappa shape index (κ1) is 8.17. The van der Waals surface area contributed by atoms with E-state index in [4.69, 9.17) is 5.73 Å². The van der Waals surface area contributed by atoms with Crippen LogP contribution in [0.4, 0.5) is 11.4 Å². The number of nitrogens with one attached hydrogen (secondary N) is 1. The van der Waals surface area contributed by atoms with Gasteiger partial charge in [-0.2, -0.15) is 0 Å². The van der Waals surface area contributed by atoms with Crippen LogP contribution in [0.15, 0.2) is 30.5 Å². The highest BCUT2D eigenvalue weighted by molar-refractivity contribution is 5.63. The van der Waals surface area contributed by atoms with Gasteiger partial charge in [0.1, 0.15) is 0 Å². The second-order valence-electron chi connectivity index (χ2n) is 3.68. The van der Waals surface area contributed by atoms with Crippen molar-refractivity contribution in [3.8, 4) is 0 Å². The van der Waals surface area contributed by atoms with Crippen molar-refractivity contribution in [2.24, 2.45) is 0 Å². The number of hydrogen-bond acceptors (Lipinski definition) is 2. The van der Waals surface area contributed by atoms with Crippen molar-refractivity contribution in [3.63, 3.8) is 0 Å². The van der Waals surface area contributed by atoms with Gasteiger partial charge < -0.3 is 11.1 Å². The molecule has 0 fully saturated rings. The first-order valence-corrected chi connectivity index (χ1v) is 4.51. The molecule has 0 spiro atoms. The number of nitrogen functional groups attached to an aromatic ring is 1. The minimum atomic E-state index is 0.521. The predicted octanol–water partition coefficient (Wildman–Crippen LogP) is 2.70. The van der Waals surface area contributed by atoms with Gasteiger partial charge in [0.25, 0.3) is 0 Å². The third-order valence-electron chi connectivity index (χ3n) is 2.47. The topological polar surface area (TPSA) is 38.0 Å². The van der Waals surface area contributed by atoms with E-state index in [1.807, 2.05) is 18.2 Å². The summed E-state index contributed by atoms with van der Waals surface area (Å²) in [6, 6.07) is 5.97. The molecule has 1 aromatic rings. The van der Waals surface area contributed by atoms with E-state index in [1.165, 1.54) is 5.56 Å². The number of hydrogen-bond donors (Lipinski definition) is 2. The summed E-state index contributed by atoms with van der Waals surface area (Å²) in [5.41, 5.74) is 10.1. The largest absolute Gasteiger partial charge is 0.399 e. The van der Waals surface area contributed by atoms with Crippen molar-refractivity contribution in [3.05, 3.63) is 36.0 Å². The molecule has 1 heterocycles. The molecule has 2 nitrogen and oxygen atoms in total. The van der Waals surface area contributed by atoms with E-state index >= 15 is 0 Å². The molecule has 13 heavy (non-hydrogen) atoms. The van der Waals surface area contributed by atoms with Crippen LogP contribution in [0, 0.1) is 0 Å². The third-order valence-corrected chi connectivity index (χ3v) is 2.47. The molecule has 68 valence electrons. The Bertz CT molecular complexity index is 355. The molecule has 0 bridgehead atoms. The number of fused-ring (bicyclic) bond motifs is 1. The second-order valence-corrected chi connectivity index (χ2v) is 3.68. The summed E-state index contributed by atoms with van der Waals surface area (Å²) >= 11 is 0. The van der Waals surface area contributed by atoms with E-state index < -0.39 is 0 Å². The van der Waals surface area contributed by atoms with Crippen molar-refractivity contribution >= 4 is 11.4 Å². The van der Waals surface area contributed by atoms with E-state index in [0.29, 0.717) is 5.92 Å². The molecule has 1 unspecified atom stereocenters. The predicted molar refractivity (Wildman–Crippen MR) is 56.6 cm³/mol. The molecule has 0 saturated heterocycles. The average Bonchev–Trinajstić information content (AvgIpc) is 2.06. The Labute approximate surface area is 78.5 Å². The Morgan fingerprint density at radius 3 is 3.08 bits per heavy atom. The molecular formula is C11H14N2. The lowest BCUT2D eigenvalue weighted by Gasteiger charge is -2.25. The van der Waals surface area contributed by atoms with E-state index in [0.717, 1.165) is 23.5 Å². The van der Waals surface area contributed by atoms with Gasteiger partial charge in [-0.15, -0.1) is 0 Å². The van der Waals surface area contributed by atoms with E-state index in [9.17, 15) is 0 Å². The maximum atomic E-state index is 5.73. The van der Waals surface area contributed by atoms with Crippen LogP contribution in [0.25, 0.3) is 0 Å². The van der Waals surface area contributed by atoms with Crippen molar-refractivity contribution < 1.29 is 0 Å². The van der Waals surface area contributed by atoms with Crippen LogP contribution in [-0.4, -0.2) is 0 Å². The number of nitrogens with two attached hydrogens (primary N) is 1. The Balaban J connectivity index is 2.49. The Kier molecular flexibility index (Phi) is 1.76. The zero-order chi connectivity index (χ0) is 9.42. The monoisotopic (exact) mass is 174 g/mol. The summed E-state index contributed by atoms with van der Waals surface area (Å²) in [4.78, 5) is 0. The highest BCUT2D eigenvalue weighted by atomic mass is 14.9. The van der Waals surface area contributed by atoms with E-state index in [2.05, 4.69) is 18.8 Å². The molecule has 2 heteroatoms. The van der Waals surface area contributed by atoms with Crippen LogP contribution >= 0.6 is 0 Å².